The number of rotatable bonds is 9. The molecule has 0 bridgehead atoms. The lowest BCUT2D eigenvalue weighted by atomic mass is 9.69. The molecule has 1 saturated carbocycles. The van der Waals surface area contributed by atoms with Crippen LogP contribution in [0.25, 0.3) is 0 Å². The molecule has 2 fully saturated rings. The smallest absolute Gasteiger partial charge is 0.416 e. The zero-order valence-corrected chi connectivity index (χ0v) is 29.2. The summed E-state index contributed by atoms with van der Waals surface area (Å²) in [5.41, 5.74) is 2.64. The number of nitrogens with zero attached hydrogens (tertiary/aromatic N) is 4. The van der Waals surface area contributed by atoms with Gasteiger partial charge in [0, 0.05) is 43.1 Å². The third-order valence-electron chi connectivity index (χ3n) is 10.5. The summed E-state index contributed by atoms with van der Waals surface area (Å²) in [4.78, 5) is 27.7. The number of carbonyl (C=O) groups is 1. The van der Waals surface area contributed by atoms with Crippen LogP contribution >= 0.6 is 0 Å². The van der Waals surface area contributed by atoms with Gasteiger partial charge in [-0.05, 0) is 92.0 Å². The van der Waals surface area contributed by atoms with Crippen molar-refractivity contribution in [3.05, 3.63) is 75.9 Å². The molecule has 0 N–H and O–H groups in total. The molecule has 6 rings (SSSR count). The first kappa shape index (κ1) is 36.9. The average molecular weight is 719 g/mol. The van der Waals surface area contributed by atoms with Crippen molar-refractivity contribution >= 4 is 11.9 Å². The molecule has 0 amide bonds. The molecule has 0 radical (unpaired) electrons. The van der Waals surface area contributed by atoms with Crippen LogP contribution in [-0.2, 0) is 28.5 Å². The highest BCUT2D eigenvalue weighted by Gasteiger charge is 2.42. The predicted octanol–water partition coefficient (Wildman–Crippen LogP) is 9.08. The van der Waals surface area contributed by atoms with Crippen molar-refractivity contribution in [2.45, 2.75) is 109 Å². The van der Waals surface area contributed by atoms with E-state index in [-0.39, 0.29) is 61.7 Å². The highest BCUT2D eigenvalue weighted by molar-refractivity contribution is 5.71. The van der Waals surface area contributed by atoms with Crippen LogP contribution < -0.4 is 9.64 Å². The Bertz CT molecular complexity index is 1680. The highest BCUT2D eigenvalue weighted by Crippen LogP contribution is 2.50. The molecule has 276 valence electrons. The van der Waals surface area contributed by atoms with Gasteiger partial charge in [0.1, 0.15) is 0 Å². The van der Waals surface area contributed by atoms with Crippen molar-refractivity contribution in [3.8, 4) is 5.75 Å². The van der Waals surface area contributed by atoms with Crippen LogP contribution in [0.4, 0.5) is 32.3 Å². The van der Waals surface area contributed by atoms with E-state index in [1.165, 1.54) is 24.5 Å². The number of anilines is 1. The molecule has 3 aliphatic rings. The van der Waals surface area contributed by atoms with Crippen LogP contribution in [-0.4, -0.2) is 53.1 Å². The van der Waals surface area contributed by atoms with Crippen LogP contribution in [0.1, 0.15) is 123 Å². The topological polar surface area (TPSA) is 77.4 Å². The standard InChI is InChI=1S/C38H44F6N4O3/c1-4-50-30(49)22-51-27-20-45-35(46-21-27)48-17-12-25(13-18-48)34-32(33(39)24-5-7-26(8-6-24)38(42,43)44)31(23-9-15-37(40,41)16-10-23)28-11-14-36(2,3)19-29(28)47-34/h5-8,20-21,23,25,33H,4,9-19,22H2,1-3H3. The van der Waals surface area contributed by atoms with Crippen LogP contribution in [0.3, 0.4) is 0 Å². The van der Waals surface area contributed by atoms with Gasteiger partial charge in [0.05, 0.1) is 30.3 Å². The number of hydrogen-bond acceptors (Lipinski definition) is 7. The van der Waals surface area contributed by atoms with Gasteiger partial charge in [-0.1, -0.05) is 26.0 Å². The number of pyridine rings is 1. The minimum Gasteiger partial charge on any atom is -0.479 e. The van der Waals surface area contributed by atoms with E-state index < -0.39 is 29.8 Å². The van der Waals surface area contributed by atoms with Crippen molar-refractivity contribution in [2.75, 3.05) is 31.2 Å². The Balaban J connectivity index is 1.34. The Hall–Kier alpha value is -3.90. The second kappa shape index (κ2) is 14.6. The SMILES string of the molecule is CCOC(=O)COc1cnc(N2CCC(c3nc4c(c(C5CCC(F)(F)CC5)c3C(F)c3ccc(C(F)(F)F)cc3)CCC(C)(C)C4)CC2)nc1. The number of benzene rings is 1. The minimum absolute atomic E-state index is 0.0505. The number of aromatic nitrogens is 3. The number of halogens is 6. The Morgan fingerprint density at radius 3 is 2.24 bits per heavy atom. The molecule has 2 aromatic heterocycles. The normalized spacial score (nSPS) is 20.1. The summed E-state index contributed by atoms with van der Waals surface area (Å²) in [6.07, 6.45) is -0.274. The quantitative estimate of drug-likeness (QED) is 0.161. The van der Waals surface area contributed by atoms with Gasteiger partial charge in [-0.2, -0.15) is 13.2 Å². The Morgan fingerprint density at radius 2 is 1.63 bits per heavy atom. The number of ether oxygens (including phenoxy) is 2. The number of carbonyl (C=O) groups excluding carboxylic acids is 1. The second-order valence-corrected chi connectivity index (χ2v) is 14.8. The summed E-state index contributed by atoms with van der Waals surface area (Å²) in [6, 6.07) is 4.14. The van der Waals surface area contributed by atoms with Gasteiger partial charge in [0.25, 0.3) is 0 Å². The summed E-state index contributed by atoms with van der Waals surface area (Å²) in [5.74, 6) is -2.98. The molecule has 1 saturated heterocycles. The van der Waals surface area contributed by atoms with Gasteiger partial charge < -0.3 is 14.4 Å². The number of esters is 1. The maximum Gasteiger partial charge on any atom is 0.416 e. The first-order chi connectivity index (χ1) is 24.1. The zero-order valence-electron chi connectivity index (χ0n) is 29.2. The molecule has 7 nitrogen and oxygen atoms in total. The van der Waals surface area contributed by atoms with Gasteiger partial charge in [-0.25, -0.2) is 27.9 Å². The van der Waals surface area contributed by atoms with E-state index in [0.717, 1.165) is 35.4 Å². The summed E-state index contributed by atoms with van der Waals surface area (Å²) >= 11 is 0. The fraction of sp³-hybridized carbons (Fsp3) is 0.579. The molecule has 1 unspecified atom stereocenters. The molecule has 3 aromatic rings. The first-order valence-electron chi connectivity index (χ1n) is 17.7. The van der Waals surface area contributed by atoms with Gasteiger partial charge in [0.15, 0.2) is 18.5 Å². The lowest BCUT2D eigenvalue weighted by Crippen LogP contribution is -2.35. The summed E-state index contributed by atoms with van der Waals surface area (Å²) < 4.78 is 96.7. The molecule has 2 aliphatic carbocycles. The Labute approximate surface area is 294 Å². The lowest BCUT2D eigenvalue weighted by molar-refractivity contribution is -0.145. The summed E-state index contributed by atoms with van der Waals surface area (Å²) in [7, 11) is 0. The molecule has 51 heavy (non-hydrogen) atoms. The van der Waals surface area contributed by atoms with Crippen molar-refractivity contribution < 1.29 is 40.6 Å². The molecule has 3 heterocycles. The van der Waals surface area contributed by atoms with Crippen LogP contribution in [0, 0.1) is 5.41 Å². The van der Waals surface area contributed by atoms with Crippen molar-refractivity contribution in [1.29, 1.82) is 0 Å². The number of hydrogen-bond donors (Lipinski definition) is 0. The molecular formula is C38H44F6N4O3. The van der Waals surface area contributed by atoms with Crippen LogP contribution in [0.5, 0.6) is 5.75 Å². The van der Waals surface area contributed by atoms with Crippen LogP contribution in [0.15, 0.2) is 36.7 Å². The van der Waals surface area contributed by atoms with E-state index in [9.17, 15) is 26.7 Å². The van der Waals surface area contributed by atoms with Crippen molar-refractivity contribution in [1.82, 2.24) is 15.0 Å². The van der Waals surface area contributed by atoms with Crippen molar-refractivity contribution in [2.24, 2.45) is 5.41 Å². The summed E-state index contributed by atoms with van der Waals surface area (Å²) in [5, 5.41) is 0. The summed E-state index contributed by atoms with van der Waals surface area (Å²) in [6.45, 7) is 7.07. The molecule has 1 aromatic carbocycles. The molecule has 1 aliphatic heterocycles. The average Bonchev–Trinajstić information content (AvgIpc) is 3.09. The second-order valence-electron chi connectivity index (χ2n) is 14.8. The first-order valence-corrected chi connectivity index (χ1v) is 17.7. The molecule has 0 spiro atoms. The number of piperidine rings is 1. The third kappa shape index (κ3) is 8.43. The van der Waals surface area contributed by atoms with Gasteiger partial charge in [-0.3, -0.25) is 4.98 Å². The fourth-order valence-electron chi connectivity index (χ4n) is 7.78. The number of fused-ring (bicyclic) bond motifs is 1. The van der Waals surface area contributed by atoms with Crippen LogP contribution in [0.2, 0.25) is 0 Å². The van der Waals surface area contributed by atoms with E-state index in [1.54, 1.807) is 6.92 Å². The minimum atomic E-state index is -4.57. The van der Waals surface area contributed by atoms with Gasteiger partial charge >= 0.3 is 12.1 Å². The van der Waals surface area contributed by atoms with E-state index in [0.29, 0.717) is 61.7 Å². The van der Waals surface area contributed by atoms with Crippen molar-refractivity contribution in [3.63, 3.8) is 0 Å². The molecular weight excluding hydrogens is 674 g/mol. The van der Waals surface area contributed by atoms with Gasteiger partial charge in [0.2, 0.25) is 11.9 Å². The maximum atomic E-state index is 17.2. The van der Waals surface area contributed by atoms with E-state index in [4.69, 9.17) is 14.5 Å². The van der Waals surface area contributed by atoms with E-state index >= 15 is 4.39 Å². The Kier molecular flexibility index (Phi) is 10.6. The predicted molar refractivity (Wildman–Crippen MR) is 179 cm³/mol. The van der Waals surface area contributed by atoms with Gasteiger partial charge in [-0.15, -0.1) is 0 Å². The fourth-order valence-corrected chi connectivity index (χ4v) is 7.78. The third-order valence-corrected chi connectivity index (χ3v) is 10.5. The number of alkyl halides is 6. The monoisotopic (exact) mass is 718 g/mol. The highest BCUT2D eigenvalue weighted by atomic mass is 19.4. The van der Waals surface area contributed by atoms with E-state index in [1.807, 2.05) is 4.90 Å². The maximum absolute atomic E-state index is 17.2. The molecule has 13 heteroatoms. The molecule has 1 atom stereocenters. The largest absolute Gasteiger partial charge is 0.479 e. The zero-order chi connectivity index (χ0) is 36.6. The van der Waals surface area contributed by atoms with E-state index in [2.05, 4.69) is 23.8 Å². The lowest BCUT2D eigenvalue weighted by Gasteiger charge is -2.39. The Morgan fingerprint density at radius 1 is 0.980 bits per heavy atom.